The van der Waals surface area contributed by atoms with Crippen molar-refractivity contribution in [2.75, 3.05) is 5.73 Å². The fourth-order valence-corrected chi connectivity index (χ4v) is 1.73. The maximum absolute atomic E-state index is 12.2. The molecule has 0 radical (unpaired) electrons. The summed E-state index contributed by atoms with van der Waals surface area (Å²) >= 11 is 7.30. The highest BCUT2D eigenvalue weighted by molar-refractivity contribution is 14.1. The second kappa shape index (κ2) is 3.69. The predicted molar refractivity (Wildman–Crippen MR) is 51.3 cm³/mol. The van der Waals surface area contributed by atoms with Gasteiger partial charge in [-0.2, -0.15) is 0 Å². The molecule has 0 bridgehead atoms. The minimum Gasteiger partial charge on any atom is -0.398 e. The monoisotopic (exact) mass is 304 g/mol. The highest BCUT2D eigenvalue weighted by Crippen LogP contribution is 2.31. The minimum absolute atomic E-state index is 0.0191. The number of nitrogens with two attached hydrogens (primary N) is 1. The third kappa shape index (κ3) is 1.95. The molecule has 6 heteroatoms. The van der Waals surface area contributed by atoms with E-state index in [0.29, 0.717) is 3.70 Å². The average molecular weight is 304 g/mol. The van der Waals surface area contributed by atoms with E-state index in [1.165, 1.54) is 6.07 Å². The number of halogens is 4. The Bertz CT molecular complexity index is 283. The van der Waals surface area contributed by atoms with E-state index in [4.69, 9.17) is 17.3 Å². The minimum atomic E-state index is -2.68. The summed E-state index contributed by atoms with van der Waals surface area (Å²) in [6, 6.07) is 1.36. The van der Waals surface area contributed by atoms with Crippen LogP contribution >= 0.6 is 34.2 Å². The van der Waals surface area contributed by atoms with Crippen molar-refractivity contribution in [2.45, 2.75) is 6.43 Å². The first-order valence-corrected chi connectivity index (χ1v) is 4.37. The number of hydrogen-bond donors (Lipinski definition) is 1. The second-order valence-electron chi connectivity index (χ2n) is 2.04. The number of anilines is 1. The van der Waals surface area contributed by atoms with Crippen LogP contribution in [-0.4, -0.2) is 4.98 Å². The average Bonchev–Trinajstić information content (AvgIpc) is 1.82. The van der Waals surface area contributed by atoms with E-state index < -0.39 is 12.0 Å². The van der Waals surface area contributed by atoms with Gasteiger partial charge in [0, 0.05) is 5.69 Å². The maximum atomic E-state index is 12.2. The smallest absolute Gasteiger partial charge is 0.268 e. The summed E-state index contributed by atoms with van der Waals surface area (Å²) in [5.74, 6) is 0. The molecule has 66 valence electrons. The molecule has 0 aliphatic carbocycles. The zero-order valence-corrected chi connectivity index (χ0v) is 8.60. The van der Waals surface area contributed by atoms with Crippen molar-refractivity contribution in [3.63, 3.8) is 0 Å². The lowest BCUT2D eigenvalue weighted by atomic mass is 10.2. The Balaban J connectivity index is 3.28. The summed E-state index contributed by atoms with van der Waals surface area (Å²) in [7, 11) is 0. The molecule has 0 saturated heterocycles. The first kappa shape index (κ1) is 9.91. The van der Waals surface area contributed by atoms with E-state index in [-0.39, 0.29) is 10.8 Å². The standard InChI is InChI=1S/C6H4ClF2IN2/c7-5-4(6(8)9)2(11)1-3(10)12-5/h1,6H,(H2,11,12). The molecule has 0 fully saturated rings. The number of aromatic nitrogens is 1. The van der Waals surface area contributed by atoms with Crippen molar-refractivity contribution in [1.29, 1.82) is 0 Å². The summed E-state index contributed by atoms with van der Waals surface area (Å²) in [6.07, 6.45) is -2.68. The van der Waals surface area contributed by atoms with Gasteiger partial charge >= 0.3 is 0 Å². The number of nitrogens with zero attached hydrogens (tertiary/aromatic N) is 1. The van der Waals surface area contributed by atoms with Gasteiger partial charge in [-0.3, -0.25) is 0 Å². The third-order valence-corrected chi connectivity index (χ3v) is 2.07. The number of pyridine rings is 1. The van der Waals surface area contributed by atoms with Crippen LogP contribution in [0, 0.1) is 3.70 Å². The highest BCUT2D eigenvalue weighted by Gasteiger charge is 2.17. The second-order valence-corrected chi connectivity index (χ2v) is 3.50. The third-order valence-electron chi connectivity index (χ3n) is 1.23. The van der Waals surface area contributed by atoms with Crippen LogP contribution in [0.4, 0.5) is 14.5 Å². The Hall–Kier alpha value is -0.170. The topological polar surface area (TPSA) is 38.9 Å². The fourth-order valence-electron chi connectivity index (χ4n) is 0.727. The fraction of sp³-hybridized carbons (Fsp3) is 0.167. The highest BCUT2D eigenvalue weighted by atomic mass is 127. The van der Waals surface area contributed by atoms with Gasteiger partial charge in [-0.25, -0.2) is 13.8 Å². The molecule has 1 rings (SSSR count). The Labute approximate surface area is 86.3 Å². The van der Waals surface area contributed by atoms with Gasteiger partial charge < -0.3 is 5.73 Å². The van der Waals surface area contributed by atoms with Gasteiger partial charge in [-0.05, 0) is 28.7 Å². The van der Waals surface area contributed by atoms with Crippen molar-refractivity contribution in [1.82, 2.24) is 4.98 Å². The van der Waals surface area contributed by atoms with Gasteiger partial charge in [-0.1, -0.05) is 11.6 Å². The maximum Gasteiger partial charge on any atom is 0.268 e. The lowest BCUT2D eigenvalue weighted by Gasteiger charge is -2.05. The van der Waals surface area contributed by atoms with E-state index >= 15 is 0 Å². The zero-order valence-electron chi connectivity index (χ0n) is 5.69. The first-order valence-electron chi connectivity index (χ1n) is 2.92. The van der Waals surface area contributed by atoms with Crippen molar-refractivity contribution in [2.24, 2.45) is 0 Å². The number of rotatable bonds is 1. The Morgan fingerprint density at radius 3 is 2.58 bits per heavy atom. The van der Waals surface area contributed by atoms with E-state index in [2.05, 4.69) is 4.98 Å². The quantitative estimate of drug-likeness (QED) is 0.640. The zero-order chi connectivity index (χ0) is 9.30. The lowest BCUT2D eigenvalue weighted by molar-refractivity contribution is 0.152. The molecule has 0 atom stereocenters. The molecule has 0 saturated carbocycles. The van der Waals surface area contributed by atoms with Gasteiger partial charge in [-0.15, -0.1) is 0 Å². The van der Waals surface area contributed by atoms with Gasteiger partial charge in [0.1, 0.15) is 8.85 Å². The molecule has 1 aromatic rings. The molecule has 2 nitrogen and oxygen atoms in total. The number of hydrogen-bond acceptors (Lipinski definition) is 2. The van der Waals surface area contributed by atoms with Crippen molar-refractivity contribution < 1.29 is 8.78 Å². The molecule has 1 heterocycles. The Morgan fingerprint density at radius 1 is 1.58 bits per heavy atom. The predicted octanol–water partition coefficient (Wildman–Crippen LogP) is 2.86. The van der Waals surface area contributed by atoms with Crippen LogP contribution in [0.25, 0.3) is 0 Å². The summed E-state index contributed by atoms with van der Waals surface area (Å²) in [5.41, 5.74) is 4.90. The van der Waals surface area contributed by atoms with E-state index in [1.807, 2.05) is 22.6 Å². The molecule has 0 spiro atoms. The summed E-state index contributed by atoms with van der Waals surface area (Å²) in [4.78, 5) is 3.65. The van der Waals surface area contributed by atoms with Crippen LogP contribution in [0.5, 0.6) is 0 Å². The van der Waals surface area contributed by atoms with Crippen molar-refractivity contribution in [3.8, 4) is 0 Å². The summed E-state index contributed by atoms with van der Waals surface area (Å²) in [5, 5.41) is -0.227. The van der Waals surface area contributed by atoms with Crippen molar-refractivity contribution >= 4 is 39.9 Å². The van der Waals surface area contributed by atoms with E-state index in [9.17, 15) is 8.78 Å². The molecule has 0 aliphatic rings. The SMILES string of the molecule is Nc1cc(I)nc(Cl)c1C(F)F. The molecule has 0 aromatic carbocycles. The van der Waals surface area contributed by atoms with Crippen LogP contribution in [0.1, 0.15) is 12.0 Å². The van der Waals surface area contributed by atoms with Gasteiger partial charge in [0.25, 0.3) is 6.43 Å². The van der Waals surface area contributed by atoms with Crippen LogP contribution < -0.4 is 5.73 Å². The molecule has 0 aliphatic heterocycles. The normalized spacial score (nSPS) is 10.8. The number of nitrogen functional groups attached to an aromatic ring is 1. The molecular formula is C6H4ClF2IN2. The molecule has 12 heavy (non-hydrogen) atoms. The van der Waals surface area contributed by atoms with Crippen molar-refractivity contribution in [3.05, 3.63) is 20.5 Å². The number of alkyl halides is 2. The van der Waals surface area contributed by atoms with Gasteiger partial charge in [0.05, 0.1) is 5.56 Å². The molecule has 0 amide bonds. The van der Waals surface area contributed by atoms with Crippen LogP contribution in [-0.2, 0) is 0 Å². The van der Waals surface area contributed by atoms with Gasteiger partial charge in [0.15, 0.2) is 0 Å². The summed E-state index contributed by atoms with van der Waals surface area (Å²) in [6.45, 7) is 0. The Kier molecular flexibility index (Phi) is 3.05. The lowest BCUT2D eigenvalue weighted by Crippen LogP contribution is -1.99. The van der Waals surface area contributed by atoms with Crippen LogP contribution in [0.3, 0.4) is 0 Å². The van der Waals surface area contributed by atoms with Crippen LogP contribution in [0.2, 0.25) is 5.15 Å². The van der Waals surface area contributed by atoms with E-state index in [1.54, 1.807) is 0 Å². The van der Waals surface area contributed by atoms with E-state index in [0.717, 1.165) is 0 Å². The summed E-state index contributed by atoms with van der Waals surface area (Å²) < 4.78 is 24.9. The first-order chi connectivity index (χ1) is 5.52. The molecular weight excluding hydrogens is 300 g/mol. The van der Waals surface area contributed by atoms with Crippen LogP contribution in [0.15, 0.2) is 6.07 Å². The molecule has 2 N–H and O–H groups in total. The largest absolute Gasteiger partial charge is 0.398 e. The molecule has 0 unspecified atom stereocenters. The Morgan fingerprint density at radius 2 is 2.17 bits per heavy atom. The molecule has 1 aromatic heterocycles. The van der Waals surface area contributed by atoms with Gasteiger partial charge in [0.2, 0.25) is 0 Å².